The fraction of sp³-hybridized carbons (Fsp3) is 0.667. The molecule has 1 saturated carbocycles. The third-order valence-electron chi connectivity index (χ3n) is 9.86. The van der Waals surface area contributed by atoms with Crippen LogP contribution in [0.4, 0.5) is 0 Å². The number of hydrogen-bond donors (Lipinski definition) is 4. The van der Waals surface area contributed by atoms with E-state index in [2.05, 4.69) is 66.6 Å². The van der Waals surface area contributed by atoms with Crippen molar-refractivity contribution in [1.29, 1.82) is 0 Å². The maximum absolute atomic E-state index is 13.5. The third-order valence-corrected chi connectivity index (χ3v) is 9.86. The molecule has 9 heteroatoms. The van der Waals surface area contributed by atoms with E-state index in [4.69, 9.17) is 4.98 Å². The average molecular weight is 536 g/mol. The number of aromatic amines is 1. The second-order valence-corrected chi connectivity index (χ2v) is 12.7. The number of imidazole rings is 1. The molecule has 1 aliphatic carbocycles. The number of phenolic OH excluding ortho intramolecular Hbond substituents is 1. The van der Waals surface area contributed by atoms with Crippen molar-refractivity contribution in [3.63, 3.8) is 0 Å². The molecular weight excluding hydrogens is 490 g/mol. The number of hydrogen-bond acceptors (Lipinski definition) is 7. The van der Waals surface area contributed by atoms with Gasteiger partial charge in [-0.25, -0.2) is 10.4 Å². The van der Waals surface area contributed by atoms with E-state index in [-0.39, 0.29) is 24.0 Å². The highest BCUT2D eigenvalue weighted by molar-refractivity contribution is 5.83. The number of likely N-dealkylation sites (tertiary alicyclic amines) is 1. The molecule has 4 aliphatic rings. The molecule has 3 fully saturated rings. The standard InChI is InChI=1S/C30H45N7O2/c1-6-18-11-21(38)8-10-22(18)19-7-9-23-24(12-19)33-34-28(23)29-31-25-13-27(37(17(2)3)16-26(25)32-29)30(39)36-14-20(15-36)35(4)5/h8,10-11,17,19-20,23-24,27-28,33-34,38H,6-7,9,12-16H2,1-5H3,(H,31,32)/t19?,23?,24?,27-,28?/m0/s1. The van der Waals surface area contributed by atoms with Gasteiger partial charge in [-0.3, -0.25) is 15.1 Å². The Balaban J connectivity index is 1.15. The van der Waals surface area contributed by atoms with Crippen molar-refractivity contribution >= 4 is 5.91 Å². The maximum atomic E-state index is 13.5. The molecule has 5 atom stereocenters. The van der Waals surface area contributed by atoms with Gasteiger partial charge in [0.2, 0.25) is 5.91 Å². The highest BCUT2D eigenvalue weighted by Crippen LogP contribution is 2.44. The monoisotopic (exact) mass is 535 g/mol. The van der Waals surface area contributed by atoms with Crippen LogP contribution in [0.1, 0.15) is 80.3 Å². The summed E-state index contributed by atoms with van der Waals surface area (Å²) in [5, 5.41) is 9.96. The number of carbonyl (C=O) groups excluding carboxylic acids is 1. The van der Waals surface area contributed by atoms with Crippen molar-refractivity contribution < 1.29 is 9.90 Å². The molecule has 0 radical (unpaired) electrons. The molecule has 2 saturated heterocycles. The van der Waals surface area contributed by atoms with Gasteiger partial charge in [-0.1, -0.05) is 13.0 Å². The summed E-state index contributed by atoms with van der Waals surface area (Å²) in [6.07, 6.45) is 4.94. The number of nitrogens with zero attached hydrogens (tertiary/aromatic N) is 4. The fourth-order valence-electron chi connectivity index (χ4n) is 7.36. The number of H-pyrrole nitrogens is 1. The van der Waals surface area contributed by atoms with Crippen LogP contribution in [-0.4, -0.2) is 87.0 Å². The number of benzene rings is 1. The van der Waals surface area contributed by atoms with Gasteiger partial charge >= 0.3 is 0 Å². The number of hydrazine groups is 1. The molecule has 212 valence electrons. The quantitative estimate of drug-likeness (QED) is 0.451. The van der Waals surface area contributed by atoms with Gasteiger partial charge in [0.25, 0.3) is 0 Å². The first-order valence-corrected chi connectivity index (χ1v) is 14.8. The van der Waals surface area contributed by atoms with Crippen LogP contribution in [0.5, 0.6) is 5.75 Å². The van der Waals surface area contributed by atoms with Crippen LogP contribution in [-0.2, 0) is 24.2 Å². The van der Waals surface area contributed by atoms with Crippen molar-refractivity contribution in [2.45, 2.75) is 95.5 Å². The number of rotatable bonds is 6. The number of aromatic nitrogens is 2. The summed E-state index contributed by atoms with van der Waals surface area (Å²) in [5.41, 5.74) is 12.0. The molecule has 1 aromatic heterocycles. The maximum Gasteiger partial charge on any atom is 0.240 e. The van der Waals surface area contributed by atoms with Crippen molar-refractivity contribution in [1.82, 2.24) is 35.5 Å². The molecule has 6 rings (SSSR count). The minimum atomic E-state index is -0.146. The fourth-order valence-corrected chi connectivity index (χ4v) is 7.36. The zero-order valence-corrected chi connectivity index (χ0v) is 24.1. The van der Waals surface area contributed by atoms with E-state index >= 15 is 0 Å². The normalized spacial score (nSPS) is 29.5. The van der Waals surface area contributed by atoms with Crippen LogP contribution in [0.25, 0.3) is 0 Å². The molecular formula is C30H45N7O2. The van der Waals surface area contributed by atoms with Gasteiger partial charge < -0.3 is 19.9 Å². The lowest BCUT2D eigenvalue weighted by Gasteiger charge is -2.46. The number of amides is 1. The Morgan fingerprint density at radius 3 is 2.72 bits per heavy atom. The van der Waals surface area contributed by atoms with Crippen LogP contribution in [0.2, 0.25) is 0 Å². The van der Waals surface area contributed by atoms with Crippen molar-refractivity contribution in [3.05, 3.63) is 46.5 Å². The van der Waals surface area contributed by atoms with E-state index < -0.39 is 0 Å². The lowest BCUT2D eigenvalue weighted by molar-refractivity contribution is -0.145. The zero-order chi connectivity index (χ0) is 27.4. The Morgan fingerprint density at radius 1 is 1.21 bits per heavy atom. The molecule has 9 nitrogen and oxygen atoms in total. The third kappa shape index (κ3) is 4.88. The van der Waals surface area contributed by atoms with Crippen LogP contribution in [0.3, 0.4) is 0 Å². The predicted octanol–water partition coefficient (Wildman–Crippen LogP) is 2.69. The Labute approximate surface area is 232 Å². The molecule has 1 amide bonds. The number of likely N-dealkylation sites (N-methyl/N-ethyl adjacent to an activating group) is 1. The predicted molar refractivity (Wildman–Crippen MR) is 151 cm³/mol. The van der Waals surface area contributed by atoms with Crippen molar-refractivity contribution in [3.8, 4) is 5.75 Å². The SMILES string of the molecule is CCc1cc(O)ccc1C1CCC2C(C1)NNC2c1nc2c([nH]1)CN(C(C)C)[C@H](C(=O)N1CC(N(C)C)C1)C2. The van der Waals surface area contributed by atoms with Gasteiger partial charge in [0, 0.05) is 44.2 Å². The average Bonchev–Trinajstić information content (AvgIpc) is 3.49. The van der Waals surface area contributed by atoms with Gasteiger partial charge in [-0.15, -0.1) is 0 Å². The van der Waals surface area contributed by atoms with Gasteiger partial charge in [0.05, 0.1) is 23.5 Å². The number of aryl methyl sites for hydroxylation is 1. The second-order valence-electron chi connectivity index (χ2n) is 12.7. The zero-order valence-electron chi connectivity index (χ0n) is 24.1. The molecule has 0 bridgehead atoms. The summed E-state index contributed by atoms with van der Waals surface area (Å²) in [6.45, 7) is 8.90. The second kappa shape index (κ2) is 10.5. The topological polar surface area (TPSA) is 99.8 Å². The number of aromatic hydroxyl groups is 1. The minimum Gasteiger partial charge on any atom is -0.508 e. The number of phenols is 1. The van der Waals surface area contributed by atoms with E-state index in [1.54, 1.807) is 0 Å². The molecule has 1 aromatic carbocycles. The number of carbonyl (C=O) groups is 1. The van der Waals surface area contributed by atoms with Gasteiger partial charge in [-0.2, -0.15) is 0 Å². The molecule has 39 heavy (non-hydrogen) atoms. The van der Waals surface area contributed by atoms with E-state index in [1.807, 2.05) is 17.0 Å². The van der Waals surface area contributed by atoms with Crippen molar-refractivity contribution in [2.75, 3.05) is 27.2 Å². The van der Waals surface area contributed by atoms with Crippen LogP contribution < -0.4 is 10.9 Å². The Hall–Kier alpha value is -2.46. The van der Waals surface area contributed by atoms with Gasteiger partial charge in [-0.05, 0) is 88.7 Å². The largest absolute Gasteiger partial charge is 0.508 e. The minimum absolute atomic E-state index is 0.143. The van der Waals surface area contributed by atoms with E-state index in [1.165, 1.54) is 11.1 Å². The van der Waals surface area contributed by atoms with Crippen LogP contribution >= 0.6 is 0 Å². The summed E-state index contributed by atoms with van der Waals surface area (Å²) in [6, 6.07) is 7.01. The molecule has 2 aromatic rings. The Kier molecular flexibility index (Phi) is 7.20. The number of nitrogens with one attached hydrogen (secondary N) is 3. The molecule has 3 aliphatic heterocycles. The lowest BCUT2D eigenvalue weighted by atomic mass is 9.73. The van der Waals surface area contributed by atoms with E-state index in [0.717, 1.165) is 62.5 Å². The first-order valence-electron chi connectivity index (χ1n) is 14.8. The van der Waals surface area contributed by atoms with Crippen LogP contribution in [0, 0.1) is 5.92 Å². The first-order chi connectivity index (χ1) is 18.7. The highest BCUT2D eigenvalue weighted by atomic mass is 16.3. The first kappa shape index (κ1) is 26.7. The molecule has 4 unspecified atom stereocenters. The Morgan fingerprint density at radius 2 is 2.00 bits per heavy atom. The summed E-state index contributed by atoms with van der Waals surface area (Å²) in [7, 11) is 4.17. The van der Waals surface area contributed by atoms with Gasteiger partial charge in [0.15, 0.2) is 0 Å². The smallest absolute Gasteiger partial charge is 0.240 e. The summed E-state index contributed by atoms with van der Waals surface area (Å²) < 4.78 is 0. The van der Waals surface area contributed by atoms with Crippen molar-refractivity contribution in [2.24, 2.45) is 5.92 Å². The molecule has 0 spiro atoms. The Bertz CT molecular complexity index is 1200. The van der Waals surface area contributed by atoms with E-state index in [9.17, 15) is 9.90 Å². The van der Waals surface area contributed by atoms with E-state index in [0.29, 0.717) is 36.1 Å². The summed E-state index contributed by atoms with van der Waals surface area (Å²) in [4.78, 5) is 28.9. The molecule has 4 heterocycles. The summed E-state index contributed by atoms with van der Waals surface area (Å²) in [5.74, 6) is 2.58. The number of fused-ring (bicyclic) bond motifs is 2. The molecule has 4 N–H and O–H groups in total. The van der Waals surface area contributed by atoms with Gasteiger partial charge in [0.1, 0.15) is 11.6 Å². The lowest BCUT2D eigenvalue weighted by Crippen LogP contribution is -2.64. The highest BCUT2D eigenvalue weighted by Gasteiger charge is 2.45. The van der Waals surface area contributed by atoms with Crippen LogP contribution in [0.15, 0.2) is 18.2 Å². The summed E-state index contributed by atoms with van der Waals surface area (Å²) >= 11 is 0.